The van der Waals surface area contributed by atoms with Crippen LogP contribution in [0.1, 0.15) is 30.4 Å². The van der Waals surface area contributed by atoms with Crippen LogP contribution in [0.15, 0.2) is 54.6 Å². The number of amides is 1. The predicted molar refractivity (Wildman–Crippen MR) is 89.9 cm³/mol. The number of hydrogen-bond acceptors (Lipinski definition) is 1. The number of hydrogen-bond donors (Lipinski definition) is 0. The number of halogens is 1. The first-order valence-electron chi connectivity index (χ1n) is 7.67. The lowest BCUT2D eigenvalue weighted by Gasteiger charge is -2.43. The van der Waals surface area contributed by atoms with Crippen molar-refractivity contribution >= 4 is 17.5 Å². The third kappa shape index (κ3) is 2.76. The fourth-order valence-electron chi connectivity index (χ4n) is 3.22. The van der Waals surface area contributed by atoms with Gasteiger partial charge in [-0.2, -0.15) is 0 Å². The molecule has 2 aromatic carbocycles. The van der Waals surface area contributed by atoms with E-state index in [2.05, 4.69) is 12.1 Å². The average molecular weight is 314 g/mol. The Labute approximate surface area is 136 Å². The summed E-state index contributed by atoms with van der Waals surface area (Å²) < 4.78 is 0. The summed E-state index contributed by atoms with van der Waals surface area (Å²) in [7, 11) is 1.89. The third-order valence-corrected chi connectivity index (χ3v) is 4.87. The molecule has 1 aliphatic carbocycles. The van der Waals surface area contributed by atoms with Gasteiger partial charge in [-0.25, -0.2) is 0 Å². The minimum atomic E-state index is -0.353. The number of carbonyl (C=O) groups excluding carboxylic acids is 1. The molecule has 2 aromatic rings. The summed E-state index contributed by atoms with van der Waals surface area (Å²) in [5.41, 5.74) is 1.89. The van der Waals surface area contributed by atoms with Crippen molar-refractivity contribution in [1.82, 2.24) is 4.90 Å². The molecule has 0 radical (unpaired) electrons. The molecule has 1 aliphatic rings. The van der Waals surface area contributed by atoms with Gasteiger partial charge in [0.15, 0.2) is 0 Å². The lowest BCUT2D eigenvalue weighted by molar-refractivity contribution is -0.140. The highest BCUT2D eigenvalue weighted by molar-refractivity contribution is 6.30. The van der Waals surface area contributed by atoms with Gasteiger partial charge in [0.25, 0.3) is 0 Å². The number of benzene rings is 2. The quantitative estimate of drug-likeness (QED) is 0.818. The molecule has 0 unspecified atom stereocenters. The molecule has 22 heavy (non-hydrogen) atoms. The molecule has 0 atom stereocenters. The lowest BCUT2D eigenvalue weighted by atomic mass is 9.63. The van der Waals surface area contributed by atoms with Gasteiger partial charge in [0.2, 0.25) is 5.91 Å². The van der Waals surface area contributed by atoms with Crippen LogP contribution in [0.4, 0.5) is 0 Å². The van der Waals surface area contributed by atoms with E-state index in [1.54, 1.807) is 0 Å². The van der Waals surface area contributed by atoms with Crippen LogP contribution in [0.2, 0.25) is 5.02 Å². The Kier molecular flexibility index (Phi) is 4.21. The average Bonchev–Trinajstić information content (AvgIpc) is 2.49. The van der Waals surface area contributed by atoms with Gasteiger partial charge >= 0.3 is 0 Å². The topological polar surface area (TPSA) is 20.3 Å². The van der Waals surface area contributed by atoms with Crippen LogP contribution in [0, 0.1) is 0 Å². The Hall–Kier alpha value is -1.80. The Balaban J connectivity index is 1.81. The second-order valence-electron chi connectivity index (χ2n) is 6.09. The second kappa shape index (κ2) is 6.13. The molecule has 1 amide bonds. The van der Waals surface area contributed by atoms with E-state index in [9.17, 15) is 4.79 Å². The highest BCUT2D eigenvalue weighted by Gasteiger charge is 2.46. The Morgan fingerprint density at radius 2 is 1.73 bits per heavy atom. The number of rotatable bonds is 4. The summed E-state index contributed by atoms with van der Waals surface area (Å²) >= 11 is 5.98. The molecule has 2 nitrogen and oxygen atoms in total. The van der Waals surface area contributed by atoms with Gasteiger partial charge in [0, 0.05) is 18.6 Å². The molecule has 0 spiro atoms. The maximum atomic E-state index is 13.0. The normalized spacial score (nSPS) is 15.9. The van der Waals surface area contributed by atoms with Crippen molar-refractivity contribution in [1.29, 1.82) is 0 Å². The SMILES string of the molecule is CN(Cc1ccccc1)C(=O)C1(c2ccc(Cl)cc2)CCC1. The van der Waals surface area contributed by atoms with Crippen molar-refractivity contribution in [3.8, 4) is 0 Å². The molecule has 1 fully saturated rings. The monoisotopic (exact) mass is 313 g/mol. The summed E-state index contributed by atoms with van der Waals surface area (Å²) in [6, 6.07) is 17.9. The third-order valence-electron chi connectivity index (χ3n) is 4.62. The first kappa shape index (κ1) is 15.1. The highest BCUT2D eigenvalue weighted by atomic mass is 35.5. The summed E-state index contributed by atoms with van der Waals surface area (Å²) in [5.74, 6) is 0.213. The molecule has 0 saturated heterocycles. The molecule has 3 heteroatoms. The maximum Gasteiger partial charge on any atom is 0.233 e. The molecule has 0 N–H and O–H groups in total. The van der Waals surface area contributed by atoms with Crippen molar-refractivity contribution in [3.63, 3.8) is 0 Å². The zero-order valence-electron chi connectivity index (χ0n) is 12.8. The van der Waals surface area contributed by atoms with Gasteiger partial charge in [-0.3, -0.25) is 4.79 Å². The Morgan fingerprint density at radius 1 is 1.09 bits per heavy atom. The van der Waals surface area contributed by atoms with Gasteiger partial charge < -0.3 is 4.90 Å². The fraction of sp³-hybridized carbons (Fsp3) is 0.316. The van der Waals surface area contributed by atoms with Crippen LogP contribution in [0.5, 0.6) is 0 Å². The van der Waals surface area contributed by atoms with E-state index in [4.69, 9.17) is 11.6 Å². The summed E-state index contributed by atoms with van der Waals surface area (Å²) in [6.07, 6.45) is 2.95. The molecule has 0 aromatic heterocycles. The molecule has 0 aliphatic heterocycles. The van der Waals surface area contributed by atoms with Crippen LogP contribution in [0.25, 0.3) is 0 Å². The van der Waals surface area contributed by atoms with Crippen LogP contribution in [0.3, 0.4) is 0 Å². The fourth-order valence-corrected chi connectivity index (χ4v) is 3.35. The Bertz CT molecular complexity index is 647. The number of carbonyl (C=O) groups is 1. The van der Waals surface area contributed by atoms with E-state index in [0.717, 1.165) is 30.4 Å². The number of nitrogens with zero attached hydrogens (tertiary/aromatic N) is 1. The van der Waals surface area contributed by atoms with Crippen molar-refractivity contribution in [2.24, 2.45) is 0 Å². The largest absolute Gasteiger partial charge is 0.341 e. The van der Waals surface area contributed by atoms with E-state index in [0.29, 0.717) is 11.6 Å². The van der Waals surface area contributed by atoms with Crippen LogP contribution >= 0.6 is 11.6 Å². The van der Waals surface area contributed by atoms with Crippen molar-refractivity contribution in [3.05, 3.63) is 70.7 Å². The van der Waals surface area contributed by atoms with E-state index >= 15 is 0 Å². The summed E-state index contributed by atoms with van der Waals surface area (Å²) in [5, 5.41) is 0.711. The van der Waals surface area contributed by atoms with Crippen molar-refractivity contribution in [2.45, 2.75) is 31.2 Å². The van der Waals surface area contributed by atoms with Gasteiger partial charge in [-0.1, -0.05) is 60.5 Å². The lowest BCUT2D eigenvalue weighted by Crippen LogP contribution is -2.49. The minimum Gasteiger partial charge on any atom is -0.341 e. The standard InChI is InChI=1S/C19H20ClNO/c1-21(14-15-6-3-2-4-7-15)18(22)19(12-5-13-19)16-8-10-17(20)11-9-16/h2-4,6-11H,5,12-14H2,1H3. The molecule has 0 bridgehead atoms. The molecule has 0 heterocycles. The molecule has 114 valence electrons. The molecule has 1 saturated carbocycles. The highest BCUT2D eigenvalue weighted by Crippen LogP contribution is 2.45. The molecular formula is C19H20ClNO. The first-order valence-corrected chi connectivity index (χ1v) is 8.05. The van der Waals surface area contributed by atoms with Crippen molar-refractivity contribution in [2.75, 3.05) is 7.05 Å². The first-order chi connectivity index (χ1) is 10.6. The second-order valence-corrected chi connectivity index (χ2v) is 6.53. The minimum absolute atomic E-state index is 0.213. The van der Waals surface area contributed by atoms with E-state index < -0.39 is 0 Å². The van der Waals surface area contributed by atoms with E-state index in [1.165, 1.54) is 0 Å². The zero-order valence-corrected chi connectivity index (χ0v) is 13.5. The Morgan fingerprint density at radius 3 is 2.27 bits per heavy atom. The van der Waals surface area contributed by atoms with Gasteiger partial charge in [0.05, 0.1) is 5.41 Å². The number of likely N-dealkylation sites (N-methyl/N-ethyl adjacent to an activating group) is 1. The maximum absolute atomic E-state index is 13.0. The van der Waals surface area contributed by atoms with Crippen LogP contribution < -0.4 is 0 Å². The summed E-state index contributed by atoms with van der Waals surface area (Å²) in [6.45, 7) is 0.648. The predicted octanol–water partition coefficient (Wildman–Crippen LogP) is 4.42. The van der Waals surface area contributed by atoms with E-state index in [-0.39, 0.29) is 11.3 Å². The molecular weight excluding hydrogens is 294 g/mol. The smallest absolute Gasteiger partial charge is 0.233 e. The van der Waals surface area contributed by atoms with Crippen molar-refractivity contribution < 1.29 is 4.79 Å². The van der Waals surface area contributed by atoms with Crippen LogP contribution in [-0.4, -0.2) is 17.9 Å². The van der Waals surface area contributed by atoms with Gasteiger partial charge in [0.1, 0.15) is 0 Å². The molecule has 3 rings (SSSR count). The van der Waals surface area contributed by atoms with Gasteiger partial charge in [-0.05, 0) is 36.1 Å². The van der Waals surface area contributed by atoms with Gasteiger partial charge in [-0.15, -0.1) is 0 Å². The van der Waals surface area contributed by atoms with Crippen LogP contribution in [-0.2, 0) is 16.8 Å². The summed E-state index contributed by atoms with van der Waals surface area (Å²) in [4.78, 5) is 14.9. The van der Waals surface area contributed by atoms with E-state index in [1.807, 2.05) is 54.4 Å². The zero-order chi connectivity index (χ0) is 15.6.